The van der Waals surface area contributed by atoms with Gasteiger partial charge in [-0.2, -0.15) is 13.2 Å². The van der Waals surface area contributed by atoms with E-state index in [0.717, 1.165) is 37.6 Å². The van der Waals surface area contributed by atoms with Gasteiger partial charge in [-0.1, -0.05) is 6.07 Å². The third-order valence-corrected chi connectivity index (χ3v) is 8.63. The lowest BCUT2D eigenvalue weighted by Gasteiger charge is -2.45. The number of hydrogen-bond donors (Lipinski definition) is 1. The maximum atomic E-state index is 14.4. The number of alkyl halides is 3. The second kappa shape index (κ2) is 10.7. The number of carbonyl (C=O) groups excluding carboxylic acids is 1. The van der Waals surface area contributed by atoms with Crippen LogP contribution in [0.15, 0.2) is 30.3 Å². The molecule has 1 N–H and O–H groups in total. The first-order chi connectivity index (χ1) is 18.9. The van der Waals surface area contributed by atoms with Gasteiger partial charge < -0.3 is 14.7 Å². The molecule has 3 aliphatic rings. The van der Waals surface area contributed by atoms with Gasteiger partial charge in [0.1, 0.15) is 17.2 Å². The lowest BCUT2D eigenvalue weighted by molar-refractivity contribution is -0.168. The van der Waals surface area contributed by atoms with E-state index in [1.165, 1.54) is 17.0 Å². The number of fused-ring (bicyclic) bond motifs is 1. The maximum Gasteiger partial charge on any atom is 0.416 e. The summed E-state index contributed by atoms with van der Waals surface area (Å²) < 4.78 is 73.8. The first-order valence-electron chi connectivity index (χ1n) is 13.4. The Morgan fingerprint density at radius 1 is 1.02 bits per heavy atom. The van der Waals surface area contributed by atoms with Crippen molar-refractivity contribution in [1.82, 2.24) is 9.80 Å². The fourth-order valence-electron chi connectivity index (χ4n) is 6.21. The molecule has 2 aromatic rings. The van der Waals surface area contributed by atoms with Crippen LogP contribution in [-0.4, -0.2) is 64.7 Å². The number of ether oxygens (including phenoxy) is 1. The Kier molecular flexibility index (Phi) is 7.64. The lowest BCUT2D eigenvalue weighted by Crippen LogP contribution is -2.56. The quantitative estimate of drug-likeness (QED) is 0.503. The number of halogens is 5. The van der Waals surface area contributed by atoms with Crippen LogP contribution < -0.4 is 0 Å². The Bertz CT molecular complexity index is 1300. The van der Waals surface area contributed by atoms with Crippen LogP contribution in [0.2, 0.25) is 0 Å². The summed E-state index contributed by atoms with van der Waals surface area (Å²) in [7, 11) is 0. The number of likely N-dealkylation sites (tertiary alicyclic amines) is 1. The Balaban J connectivity index is 1.17. The van der Waals surface area contributed by atoms with Crippen LogP contribution in [0.3, 0.4) is 0 Å². The summed E-state index contributed by atoms with van der Waals surface area (Å²) in [6.45, 7) is 3.63. The molecule has 0 saturated carbocycles. The normalized spacial score (nSPS) is 24.6. The average Bonchev–Trinajstić information content (AvgIpc) is 2.92. The molecule has 3 heterocycles. The number of carboxylic acids is 1. The molecule has 3 aliphatic heterocycles. The van der Waals surface area contributed by atoms with E-state index in [0.29, 0.717) is 25.5 Å². The number of carbonyl (C=O) groups is 2. The molecule has 11 heteroatoms. The minimum atomic E-state index is -4.68. The second-order valence-electron chi connectivity index (χ2n) is 11.2. The molecule has 216 valence electrons. The second-order valence-corrected chi connectivity index (χ2v) is 11.2. The summed E-state index contributed by atoms with van der Waals surface area (Å²) in [6.07, 6.45) is -1.84. The van der Waals surface area contributed by atoms with E-state index in [9.17, 15) is 36.6 Å². The number of aromatic carboxylic acids is 1. The molecule has 0 aliphatic carbocycles. The molecule has 0 unspecified atom stereocenters. The van der Waals surface area contributed by atoms with Gasteiger partial charge in [0.15, 0.2) is 0 Å². The van der Waals surface area contributed by atoms with E-state index in [4.69, 9.17) is 4.74 Å². The van der Waals surface area contributed by atoms with Gasteiger partial charge in [0.05, 0.1) is 17.7 Å². The van der Waals surface area contributed by atoms with Crippen molar-refractivity contribution in [3.63, 3.8) is 0 Å². The highest BCUT2D eigenvalue weighted by molar-refractivity contribution is 5.88. The zero-order valence-corrected chi connectivity index (χ0v) is 22.1. The van der Waals surface area contributed by atoms with Crippen LogP contribution in [0.4, 0.5) is 22.0 Å². The van der Waals surface area contributed by atoms with Crippen molar-refractivity contribution >= 4 is 11.9 Å². The zero-order valence-electron chi connectivity index (χ0n) is 22.1. The number of carboxylic acid groups (broad SMARTS) is 1. The summed E-state index contributed by atoms with van der Waals surface area (Å²) >= 11 is 0. The molecule has 0 radical (unpaired) electrons. The molecule has 1 amide bonds. The molecule has 0 aromatic heterocycles. The van der Waals surface area contributed by atoms with Gasteiger partial charge in [-0.25, -0.2) is 13.6 Å². The summed E-state index contributed by atoms with van der Waals surface area (Å²) in [5, 5.41) is 9.21. The van der Waals surface area contributed by atoms with Gasteiger partial charge in [-0.05, 0) is 99.0 Å². The Hall–Kier alpha value is -3.05. The van der Waals surface area contributed by atoms with Gasteiger partial charge in [0, 0.05) is 19.1 Å². The number of piperidine rings is 1. The number of amides is 1. The molecule has 2 fully saturated rings. The minimum Gasteiger partial charge on any atom is -0.478 e. The number of nitrogens with zero attached hydrogens (tertiary/aromatic N) is 2. The van der Waals surface area contributed by atoms with Crippen LogP contribution in [0, 0.1) is 11.6 Å². The van der Waals surface area contributed by atoms with Crippen LogP contribution in [0.5, 0.6) is 0 Å². The number of rotatable bonds is 4. The summed E-state index contributed by atoms with van der Waals surface area (Å²) in [4.78, 5) is 28.5. The molecule has 2 saturated heterocycles. The highest BCUT2D eigenvalue weighted by atomic mass is 19.4. The Labute approximate surface area is 228 Å². The predicted molar refractivity (Wildman–Crippen MR) is 135 cm³/mol. The SMILES string of the molecule is C[C@]1(C(=O)N2CCc3c(F)cc(C(F)(F)F)cc3C2)CC[C@@H](N2CCC(c3ccc(F)c(C(=O)O)c3)CC2)CO1. The van der Waals surface area contributed by atoms with E-state index in [-0.39, 0.29) is 54.1 Å². The molecule has 2 atom stereocenters. The largest absolute Gasteiger partial charge is 0.478 e. The Morgan fingerprint density at radius 3 is 2.38 bits per heavy atom. The van der Waals surface area contributed by atoms with E-state index in [1.807, 2.05) is 0 Å². The van der Waals surface area contributed by atoms with Gasteiger partial charge in [0.25, 0.3) is 5.91 Å². The first kappa shape index (κ1) is 28.5. The van der Waals surface area contributed by atoms with Gasteiger partial charge in [-0.15, -0.1) is 0 Å². The van der Waals surface area contributed by atoms with Crippen LogP contribution in [0.1, 0.15) is 71.1 Å². The van der Waals surface area contributed by atoms with Crippen LogP contribution >= 0.6 is 0 Å². The number of benzene rings is 2. The van der Waals surface area contributed by atoms with Crippen molar-refractivity contribution in [3.05, 3.63) is 69.8 Å². The molecular weight excluding hydrogens is 535 g/mol. The van der Waals surface area contributed by atoms with Crippen molar-refractivity contribution in [1.29, 1.82) is 0 Å². The van der Waals surface area contributed by atoms with Crippen molar-refractivity contribution in [2.24, 2.45) is 0 Å². The van der Waals surface area contributed by atoms with Crippen molar-refractivity contribution < 1.29 is 41.4 Å². The Morgan fingerprint density at radius 2 is 1.75 bits per heavy atom. The van der Waals surface area contributed by atoms with Crippen LogP contribution in [0.25, 0.3) is 0 Å². The highest BCUT2D eigenvalue weighted by Gasteiger charge is 2.44. The smallest absolute Gasteiger partial charge is 0.416 e. The van der Waals surface area contributed by atoms with Crippen molar-refractivity contribution in [2.75, 3.05) is 26.2 Å². The van der Waals surface area contributed by atoms with E-state index in [1.54, 1.807) is 13.0 Å². The van der Waals surface area contributed by atoms with Gasteiger partial charge >= 0.3 is 12.1 Å². The molecule has 0 spiro atoms. The van der Waals surface area contributed by atoms with E-state index >= 15 is 0 Å². The molecular formula is C29H31F5N2O4. The molecule has 6 nitrogen and oxygen atoms in total. The third kappa shape index (κ3) is 5.58. The number of hydrogen-bond acceptors (Lipinski definition) is 4. The van der Waals surface area contributed by atoms with Crippen molar-refractivity contribution in [2.45, 2.75) is 69.3 Å². The lowest BCUT2D eigenvalue weighted by atomic mass is 9.86. The van der Waals surface area contributed by atoms with E-state index < -0.39 is 34.9 Å². The predicted octanol–water partition coefficient (Wildman–Crippen LogP) is 5.38. The fraction of sp³-hybridized carbons (Fsp3) is 0.517. The summed E-state index contributed by atoms with van der Waals surface area (Å²) in [6, 6.07) is 5.78. The monoisotopic (exact) mass is 566 g/mol. The molecule has 0 bridgehead atoms. The van der Waals surface area contributed by atoms with Crippen molar-refractivity contribution in [3.8, 4) is 0 Å². The standard InChI is InChI=1S/C29H31F5N2O4/c1-28(27(39)36-11-7-22-19(15-36)12-20(14-25(22)31)29(32,33)34)8-4-21(16-40-28)35-9-5-17(6-10-35)18-2-3-24(30)23(13-18)26(37)38/h2-3,12-14,17,21H,4-11,15-16H2,1H3,(H,37,38)/t21-,28-/m1/s1. The maximum absolute atomic E-state index is 14.4. The van der Waals surface area contributed by atoms with E-state index in [2.05, 4.69) is 4.90 Å². The van der Waals surface area contributed by atoms with Crippen LogP contribution in [-0.2, 0) is 28.7 Å². The fourth-order valence-corrected chi connectivity index (χ4v) is 6.21. The van der Waals surface area contributed by atoms with Gasteiger partial charge in [-0.3, -0.25) is 9.69 Å². The first-order valence-corrected chi connectivity index (χ1v) is 13.4. The summed E-state index contributed by atoms with van der Waals surface area (Å²) in [5.74, 6) is -3.13. The zero-order chi connectivity index (χ0) is 28.8. The molecule has 2 aromatic carbocycles. The summed E-state index contributed by atoms with van der Waals surface area (Å²) in [5.41, 5.74) is -1.31. The average molecular weight is 567 g/mol. The van der Waals surface area contributed by atoms with Gasteiger partial charge in [0.2, 0.25) is 0 Å². The highest BCUT2D eigenvalue weighted by Crippen LogP contribution is 2.37. The molecule has 5 rings (SSSR count). The third-order valence-electron chi connectivity index (χ3n) is 8.63. The topological polar surface area (TPSA) is 70.1 Å². The minimum absolute atomic E-state index is 0.0927. The molecule has 40 heavy (non-hydrogen) atoms.